The lowest BCUT2D eigenvalue weighted by Gasteiger charge is -2.36. The molecule has 0 spiro atoms. The Morgan fingerprint density at radius 1 is 1.50 bits per heavy atom. The van der Waals surface area contributed by atoms with E-state index in [0.29, 0.717) is 5.25 Å². The fraction of sp³-hybridized carbons (Fsp3) is 0.455. The first kappa shape index (κ1) is 9.87. The van der Waals surface area contributed by atoms with Crippen molar-refractivity contribution in [3.8, 4) is 5.75 Å². The van der Waals surface area contributed by atoms with Crippen LogP contribution in [0.4, 0.5) is 0 Å². The lowest BCUT2D eigenvalue weighted by molar-refractivity contribution is 0.182. The Labute approximate surface area is 90.3 Å². The van der Waals surface area contributed by atoms with E-state index in [1.54, 1.807) is 7.11 Å². The highest BCUT2D eigenvalue weighted by atomic mass is 32.1. The Hall–Kier alpha value is -0.670. The number of rotatable bonds is 3. The van der Waals surface area contributed by atoms with E-state index in [-0.39, 0.29) is 0 Å². The monoisotopic (exact) mass is 209 g/mol. The first-order valence-corrected chi connectivity index (χ1v) is 5.33. The molecule has 3 heteroatoms. The number of likely N-dealkylation sites (tertiary alicyclic amines) is 1. The number of hydrogen-bond donors (Lipinski definition) is 1. The Morgan fingerprint density at radius 3 is 2.93 bits per heavy atom. The van der Waals surface area contributed by atoms with Gasteiger partial charge in [-0.15, -0.1) is 0 Å². The minimum Gasteiger partial charge on any atom is -0.497 e. The van der Waals surface area contributed by atoms with E-state index in [1.165, 1.54) is 5.56 Å². The van der Waals surface area contributed by atoms with Gasteiger partial charge in [-0.3, -0.25) is 4.90 Å². The lowest BCUT2D eigenvalue weighted by atomic mass is 10.1. The van der Waals surface area contributed by atoms with Crippen LogP contribution in [-0.2, 0) is 6.54 Å². The minimum absolute atomic E-state index is 0.570. The van der Waals surface area contributed by atoms with Crippen LogP contribution in [0.3, 0.4) is 0 Å². The lowest BCUT2D eigenvalue weighted by Crippen LogP contribution is -2.46. The molecule has 1 aromatic carbocycles. The fourth-order valence-corrected chi connectivity index (χ4v) is 2.16. The van der Waals surface area contributed by atoms with Gasteiger partial charge in [0.25, 0.3) is 0 Å². The zero-order valence-corrected chi connectivity index (χ0v) is 9.21. The third kappa shape index (κ3) is 2.22. The molecule has 76 valence electrons. The van der Waals surface area contributed by atoms with E-state index in [9.17, 15) is 0 Å². The third-order valence-electron chi connectivity index (χ3n) is 2.48. The average molecular weight is 209 g/mol. The molecule has 0 saturated carbocycles. The Kier molecular flexibility index (Phi) is 2.99. The second kappa shape index (κ2) is 4.24. The van der Waals surface area contributed by atoms with E-state index in [2.05, 4.69) is 29.7 Å². The zero-order valence-electron chi connectivity index (χ0n) is 8.31. The van der Waals surface area contributed by atoms with Crippen LogP contribution in [0.5, 0.6) is 5.75 Å². The van der Waals surface area contributed by atoms with Gasteiger partial charge in [-0.05, 0) is 17.7 Å². The number of ether oxygens (including phenoxy) is 1. The predicted octanol–water partition coefficient (Wildman–Crippen LogP) is 1.81. The van der Waals surface area contributed by atoms with Crippen LogP contribution in [0.1, 0.15) is 5.56 Å². The highest BCUT2D eigenvalue weighted by molar-refractivity contribution is 7.81. The zero-order chi connectivity index (χ0) is 9.97. The van der Waals surface area contributed by atoms with E-state index in [4.69, 9.17) is 4.74 Å². The maximum absolute atomic E-state index is 5.18. The van der Waals surface area contributed by atoms with Crippen LogP contribution in [0, 0.1) is 0 Å². The number of methoxy groups -OCH3 is 1. The largest absolute Gasteiger partial charge is 0.497 e. The molecule has 0 bridgehead atoms. The summed E-state index contributed by atoms with van der Waals surface area (Å²) in [6, 6.07) is 8.23. The minimum atomic E-state index is 0.570. The molecule has 0 aliphatic carbocycles. The van der Waals surface area contributed by atoms with Gasteiger partial charge in [-0.1, -0.05) is 12.1 Å². The fourth-order valence-electron chi connectivity index (χ4n) is 1.70. The van der Waals surface area contributed by atoms with Crippen LogP contribution >= 0.6 is 12.6 Å². The van der Waals surface area contributed by atoms with Gasteiger partial charge in [0.15, 0.2) is 0 Å². The van der Waals surface area contributed by atoms with Crippen LogP contribution < -0.4 is 4.74 Å². The Morgan fingerprint density at radius 2 is 2.29 bits per heavy atom. The standard InChI is InChI=1S/C11H15NOS/c1-13-10-4-2-3-9(5-10)6-12-7-11(14)8-12/h2-5,11,14H,6-8H2,1H3. The van der Waals surface area contributed by atoms with Crippen molar-refractivity contribution in [2.45, 2.75) is 11.8 Å². The molecule has 0 aromatic heterocycles. The SMILES string of the molecule is COc1cccc(CN2CC(S)C2)c1. The number of hydrogen-bond acceptors (Lipinski definition) is 3. The highest BCUT2D eigenvalue weighted by Gasteiger charge is 2.22. The second-order valence-electron chi connectivity index (χ2n) is 3.70. The first-order valence-electron chi connectivity index (χ1n) is 4.81. The van der Waals surface area contributed by atoms with Crippen molar-refractivity contribution in [3.05, 3.63) is 29.8 Å². The van der Waals surface area contributed by atoms with Gasteiger partial charge >= 0.3 is 0 Å². The Bertz CT molecular complexity index is 310. The summed E-state index contributed by atoms with van der Waals surface area (Å²) >= 11 is 4.38. The van der Waals surface area contributed by atoms with Crippen LogP contribution in [0.15, 0.2) is 24.3 Å². The quantitative estimate of drug-likeness (QED) is 0.762. The number of benzene rings is 1. The number of thiol groups is 1. The maximum atomic E-state index is 5.18. The van der Waals surface area contributed by atoms with Gasteiger partial charge in [0.2, 0.25) is 0 Å². The van der Waals surface area contributed by atoms with Gasteiger partial charge in [0.05, 0.1) is 7.11 Å². The van der Waals surface area contributed by atoms with Crippen LogP contribution in [0.25, 0.3) is 0 Å². The van der Waals surface area contributed by atoms with E-state index in [0.717, 1.165) is 25.4 Å². The summed E-state index contributed by atoms with van der Waals surface area (Å²) < 4.78 is 5.18. The van der Waals surface area contributed by atoms with Gasteiger partial charge in [0, 0.05) is 24.9 Å². The van der Waals surface area contributed by atoms with E-state index in [1.807, 2.05) is 12.1 Å². The summed E-state index contributed by atoms with van der Waals surface area (Å²) in [6.45, 7) is 3.20. The first-order chi connectivity index (χ1) is 6.78. The van der Waals surface area contributed by atoms with Crippen molar-refractivity contribution >= 4 is 12.6 Å². The summed E-state index contributed by atoms with van der Waals surface area (Å²) in [5.74, 6) is 0.936. The molecule has 1 heterocycles. The second-order valence-corrected chi connectivity index (χ2v) is 4.43. The van der Waals surface area contributed by atoms with Crippen LogP contribution in [-0.4, -0.2) is 30.3 Å². The maximum Gasteiger partial charge on any atom is 0.119 e. The molecule has 2 rings (SSSR count). The van der Waals surface area contributed by atoms with Crippen molar-refractivity contribution < 1.29 is 4.74 Å². The van der Waals surface area contributed by atoms with Crippen molar-refractivity contribution in [1.82, 2.24) is 4.90 Å². The summed E-state index contributed by atoms with van der Waals surface area (Å²) in [5.41, 5.74) is 1.31. The molecule has 14 heavy (non-hydrogen) atoms. The summed E-state index contributed by atoms with van der Waals surface area (Å²) in [5, 5.41) is 0.570. The van der Waals surface area contributed by atoms with E-state index < -0.39 is 0 Å². The molecule has 0 unspecified atom stereocenters. The molecular weight excluding hydrogens is 194 g/mol. The third-order valence-corrected chi connectivity index (χ3v) is 2.80. The van der Waals surface area contributed by atoms with Crippen molar-refractivity contribution in [2.75, 3.05) is 20.2 Å². The number of nitrogens with zero attached hydrogens (tertiary/aromatic N) is 1. The molecule has 0 radical (unpaired) electrons. The topological polar surface area (TPSA) is 12.5 Å². The molecule has 1 aliphatic heterocycles. The Balaban J connectivity index is 1.95. The van der Waals surface area contributed by atoms with Gasteiger partial charge in [-0.2, -0.15) is 12.6 Å². The summed E-state index contributed by atoms with van der Waals surface area (Å²) in [7, 11) is 1.70. The van der Waals surface area contributed by atoms with Gasteiger partial charge < -0.3 is 4.74 Å². The molecule has 2 nitrogen and oxygen atoms in total. The predicted molar refractivity (Wildman–Crippen MR) is 61.0 cm³/mol. The van der Waals surface area contributed by atoms with Crippen LogP contribution in [0.2, 0.25) is 0 Å². The molecule has 1 fully saturated rings. The normalized spacial score (nSPS) is 17.9. The van der Waals surface area contributed by atoms with E-state index >= 15 is 0 Å². The molecule has 1 aromatic rings. The molecule has 0 amide bonds. The molecule has 1 saturated heterocycles. The molecule has 0 atom stereocenters. The van der Waals surface area contributed by atoms with Crippen molar-refractivity contribution in [2.24, 2.45) is 0 Å². The van der Waals surface area contributed by atoms with Crippen molar-refractivity contribution in [1.29, 1.82) is 0 Å². The summed E-state index contributed by atoms with van der Waals surface area (Å²) in [6.07, 6.45) is 0. The van der Waals surface area contributed by atoms with Gasteiger partial charge in [-0.25, -0.2) is 0 Å². The molecule has 1 aliphatic rings. The molecular formula is C11H15NOS. The summed E-state index contributed by atoms with van der Waals surface area (Å²) in [4.78, 5) is 2.38. The van der Waals surface area contributed by atoms with Crippen molar-refractivity contribution in [3.63, 3.8) is 0 Å². The molecule has 0 N–H and O–H groups in total. The van der Waals surface area contributed by atoms with Gasteiger partial charge in [0.1, 0.15) is 5.75 Å². The smallest absolute Gasteiger partial charge is 0.119 e. The average Bonchev–Trinajstić information content (AvgIpc) is 2.16. The highest BCUT2D eigenvalue weighted by Crippen LogP contribution is 2.19.